The van der Waals surface area contributed by atoms with Gasteiger partial charge in [-0.25, -0.2) is 0 Å². The molecule has 114 valence electrons. The maximum atomic E-state index is 6.29. The van der Waals surface area contributed by atoms with E-state index in [1.54, 1.807) is 20.5 Å². The summed E-state index contributed by atoms with van der Waals surface area (Å²) in [6, 6.07) is 9.61. The zero-order chi connectivity index (χ0) is 15.5. The maximum Gasteiger partial charge on any atom is 0.185 e. The smallest absolute Gasteiger partial charge is 0.185 e. The highest BCUT2D eigenvalue weighted by Gasteiger charge is 2.26. The van der Waals surface area contributed by atoms with Gasteiger partial charge in [-0.2, -0.15) is 0 Å². The fourth-order valence-corrected chi connectivity index (χ4v) is 3.06. The van der Waals surface area contributed by atoms with Crippen LogP contribution in [0.1, 0.15) is 17.4 Å². The topological polar surface area (TPSA) is 40.8 Å². The van der Waals surface area contributed by atoms with Crippen LogP contribution < -0.4 is 9.47 Å². The van der Waals surface area contributed by atoms with E-state index in [1.165, 1.54) is 0 Å². The van der Waals surface area contributed by atoms with Gasteiger partial charge in [-0.1, -0.05) is 6.07 Å². The van der Waals surface area contributed by atoms with Gasteiger partial charge in [0.15, 0.2) is 19.8 Å². The number of furan rings is 1. The van der Waals surface area contributed by atoms with Crippen molar-refractivity contribution in [2.45, 2.75) is 25.7 Å². The summed E-state index contributed by atoms with van der Waals surface area (Å²) in [5.41, 5.74) is 0.991. The highest BCUT2D eigenvalue weighted by Crippen LogP contribution is 2.35. The normalized spacial score (nSPS) is 13.0. The molecule has 1 unspecified atom stereocenters. The van der Waals surface area contributed by atoms with Crippen LogP contribution in [0.5, 0.6) is 11.5 Å². The van der Waals surface area contributed by atoms with Crippen LogP contribution in [0.15, 0.2) is 41.0 Å². The monoisotopic (exact) mass is 306 g/mol. The van der Waals surface area contributed by atoms with E-state index in [9.17, 15) is 0 Å². The Hall–Kier alpha value is -1.72. The van der Waals surface area contributed by atoms with Crippen molar-refractivity contribution in [3.63, 3.8) is 0 Å². The third-order valence-corrected chi connectivity index (χ3v) is 3.93. The second-order valence-corrected chi connectivity index (χ2v) is 10.2. The van der Waals surface area contributed by atoms with Crippen molar-refractivity contribution in [3.05, 3.63) is 47.9 Å². The Kier molecular flexibility index (Phi) is 4.75. The van der Waals surface area contributed by atoms with Crippen LogP contribution in [0.2, 0.25) is 19.6 Å². The fourth-order valence-electron chi connectivity index (χ4n) is 2.10. The first-order valence-electron chi connectivity index (χ1n) is 6.88. The lowest BCUT2D eigenvalue weighted by atomic mass is 10.1. The van der Waals surface area contributed by atoms with Gasteiger partial charge in [0.05, 0.1) is 20.5 Å². The molecule has 0 aliphatic rings. The number of methoxy groups -OCH3 is 2. The summed E-state index contributed by atoms with van der Waals surface area (Å²) in [6.07, 6.45) is 1.43. The molecule has 5 heteroatoms. The first kappa shape index (κ1) is 15.7. The summed E-state index contributed by atoms with van der Waals surface area (Å²) >= 11 is 0. The molecule has 0 fully saturated rings. The maximum absolute atomic E-state index is 6.29. The molecule has 0 saturated heterocycles. The molecule has 0 saturated carbocycles. The highest BCUT2D eigenvalue weighted by molar-refractivity contribution is 6.69. The second-order valence-electron chi connectivity index (χ2n) is 5.74. The van der Waals surface area contributed by atoms with Crippen molar-refractivity contribution < 1.29 is 18.3 Å². The number of benzene rings is 1. The van der Waals surface area contributed by atoms with E-state index in [-0.39, 0.29) is 6.10 Å². The molecule has 0 bridgehead atoms. The summed E-state index contributed by atoms with van der Waals surface area (Å²) in [4.78, 5) is 0. The number of hydrogen-bond donors (Lipinski definition) is 0. The quantitative estimate of drug-likeness (QED) is 0.749. The second kappa shape index (κ2) is 6.36. The zero-order valence-electron chi connectivity index (χ0n) is 13.2. The molecule has 1 aromatic carbocycles. The standard InChI is InChI=1S/C16H22O4Si/c1-17-13-9-8-12(11-15(13)18-2)16(20-21(3,4)5)14-7-6-10-19-14/h6-11,16H,1-5H3. The Morgan fingerprint density at radius 2 is 1.71 bits per heavy atom. The van der Waals surface area contributed by atoms with E-state index in [0.717, 1.165) is 11.3 Å². The number of hydrogen-bond acceptors (Lipinski definition) is 4. The van der Waals surface area contributed by atoms with Crippen LogP contribution in [0.4, 0.5) is 0 Å². The molecule has 2 aromatic rings. The Morgan fingerprint density at radius 3 is 2.24 bits per heavy atom. The lowest BCUT2D eigenvalue weighted by Crippen LogP contribution is -2.28. The average Bonchev–Trinajstić information content (AvgIpc) is 2.97. The van der Waals surface area contributed by atoms with Gasteiger partial charge >= 0.3 is 0 Å². The van der Waals surface area contributed by atoms with Crippen molar-refractivity contribution in [1.29, 1.82) is 0 Å². The van der Waals surface area contributed by atoms with Crippen LogP contribution in [0.25, 0.3) is 0 Å². The van der Waals surface area contributed by atoms with E-state index in [4.69, 9.17) is 18.3 Å². The predicted molar refractivity (Wildman–Crippen MR) is 84.5 cm³/mol. The third kappa shape index (κ3) is 3.89. The fraction of sp³-hybridized carbons (Fsp3) is 0.375. The van der Waals surface area contributed by atoms with Crippen molar-refractivity contribution >= 4 is 8.32 Å². The van der Waals surface area contributed by atoms with Crippen LogP contribution in [-0.2, 0) is 4.43 Å². The van der Waals surface area contributed by atoms with Gasteiger partial charge in [-0.05, 0) is 49.5 Å². The van der Waals surface area contributed by atoms with E-state index in [0.29, 0.717) is 11.5 Å². The van der Waals surface area contributed by atoms with Crippen molar-refractivity contribution in [1.82, 2.24) is 0 Å². The molecule has 1 heterocycles. The third-order valence-electron chi connectivity index (χ3n) is 2.98. The molecule has 0 aliphatic heterocycles. The Bertz CT molecular complexity index is 572. The lowest BCUT2D eigenvalue weighted by Gasteiger charge is -2.26. The molecule has 0 amide bonds. The molecule has 1 atom stereocenters. The van der Waals surface area contributed by atoms with E-state index < -0.39 is 8.32 Å². The minimum Gasteiger partial charge on any atom is -0.493 e. The SMILES string of the molecule is COc1ccc(C(O[Si](C)(C)C)c2ccco2)cc1OC. The van der Waals surface area contributed by atoms with Crippen LogP contribution in [-0.4, -0.2) is 22.5 Å². The van der Waals surface area contributed by atoms with Gasteiger partial charge in [-0.3, -0.25) is 0 Å². The van der Waals surface area contributed by atoms with Gasteiger partial charge < -0.3 is 18.3 Å². The number of ether oxygens (including phenoxy) is 2. The van der Waals surface area contributed by atoms with Crippen molar-refractivity contribution in [2.75, 3.05) is 14.2 Å². The summed E-state index contributed by atoms with van der Waals surface area (Å²) in [5.74, 6) is 2.18. The first-order chi connectivity index (χ1) is 9.94. The van der Waals surface area contributed by atoms with E-state index in [2.05, 4.69) is 19.6 Å². The molecule has 2 rings (SSSR count). The van der Waals surface area contributed by atoms with Gasteiger partial charge in [-0.15, -0.1) is 0 Å². The summed E-state index contributed by atoms with van der Waals surface area (Å²) in [7, 11) is 1.51. The Morgan fingerprint density at radius 1 is 1.00 bits per heavy atom. The molecule has 0 aliphatic carbocycles. The van der Waals surface area contributed by atoms with E-state index in [1.807, 2.05) is 30.3 Å². The average molecular weight is 306 g/mol. The molecule has 0 spiro atoms. The van der Waals surface area contributed by atoms with E-state index >= 15 is 0 Å². The molecule has 4 nitrogen and oxygen atoms in total. The van der Waals surface area contributed by atoms with Crippen LogP contribution in [0, 0.1) is 0 Å². The lowest BCUT2D eigenvalue weighted by molar-refractivity contribution is 0.207. The van der Waals surface area contributed by atoms with Gasteiger partial charge in [0.1, 0.15) is 11.9 Å². The Labute approximate surface area is 126 Å². The largest absolute Gasteiger partial charge is 0.493 e. The minimum atomic E-state index is -1.74. The summed E-state index contributed by atoms with van der Waals surface area (Å²) < 4.78 is 22.5. The molecule has 1 aromatic heterocycles. The molecule has 0 N–H and O–H groups in total. The zero-order valence-corrected chi connectivity index (χ0v) is 14.2. The van der Waals surface area contributed by atoms with Crippen LogP contribution >= 0.6 is 0 Å². The molecule has 21 heavy (non-hydrogen) atoms. The minimum absolute atomic E-state index is 0.230. The summed E-state index contributed by atoms with van der Waals surface area (Å²) in [5, 5.41) is 0. The summed E-state index contributed by atoms with van der Waals surface area (Å²) in [6.45, 7) is 6.47. The van der Waals surface area contributed by atoms with Gasteiger partial charge in [0, 0.05) is 0 Å². The first-order valence-corrected chi connectivity index (χ1v) is 10.3. The predicted octanol–water partition coefficient (Wildman–Crippen LogP) is 4.24. The van der Waals surface area contributed by atoms with Crippen LogP contribution in [0.3, 0.4) is 0 Å². The van der Waals surface area contributed by atoms with Gasteiger partial charge in [0.25, 0.3) is 0 Å². The highest BCUT2D eigenvalue weighted by atomic mass is 28.4. The molecule has 0 radical (unpaired) electrons. The van der Waals surface area contributed by atoms with Crippen molar-refractivity contribution in [3.8, 4) is 11.5 Å². The number of rotatable bonds is 6. The van der Waals surface area contributed by atoms with Crippen molar-refractivity contribution in [2.24, 2.45) is 0 Å². The Balaban J connectivity index is 2.41. The molecular weight excluding hydrogens is 284 g/mol. The van der Waals surface area contributed by atoms with Gasteiger partial charge in [0.2, 0.25) is 0 Å². The molecular formula is C16H22O4Si.